The van der Waals surface area contributed by atoms with Crippen LogP contribution in [0.2, 0.25) is 0 Å². The van der Waals surface area contributed by atoms with Crippen molar-refractivity contribution in [3.63, 3.8) is 0 Å². The summed E-state index contributed by atoms with van der Waals surface area (Å²) in [6, 6.07) is 3.34. The fourth-order valence-corrected chi connectivity index (χ4v) is 1.56. The van der Waals surface area contributed by atoms with Crippen molar-refractivity contribution in [3.05, 3.63) is 42.5 Å². The molecule has 0 aliphatic heterocycles. The van der Waals surface area contributed by atoms with Crippen LogP contribution in [-0.2, 0) is 6.54 Å². The Morgan fingerprint density at radius 1 is 1.37 bits per heavy atom. The van der Waals surface area contributed by atoms with E-state index >= 15 is 0 Å². The zero-order valence-corrected chi connectivity index (χ0v) is 11.1. The molecule has 0 aliphatic carbocycles. The van der Waals surface area contributed by atoms with E-state index in [-0.39, 0.29) is 5.91 Å². The quantitative estimate of drug-likeness (QED) is 0.873. The first-order chi connectivity index (χ1) is 9.15. The summed E-state index contributed by atoms with van der Waals surface area (Å²) in [7, 11) is 4.02. The first kappa shape index (κ1) is 13.2. The molecule has 0 radical (unpaired) electrons. The predicted octanol–water partition coefficient (Wildman–Crippen LogP) is 1.09. The van der Waals surface area contributed by atoms with Crippen LogP contribution in [0.4, 0.5) is 5.69 Å². The van der Waals surface area contributed by atoms with Gasteiger partial charge < -0.3 is 10.2 Å². The van der Waals surface area contributed by atoms with Gasteiger partial charge in [0.2, 0.25) is 0 Å². The number of anilines is 1. The summed E-state index contributed by atoms with van der Waals surface area (Å²) >= 11 is 0. The summed E-state index contributed by atoms with van der Waals surface area (Å²) in [4.78, 5) is 17.9. The van der Waals surface area contributed by atoms with Crippen molar-refractivity contribution in [2.45, 2.75) is 6.54 Å². The number of amides is 1. The van der Waals surface area contributed by atoms with Crippen molar-refractivity contribution in [1.29, 1.82) is 0 Å². The minimum absolute atomic E-state index is 0.158. The van der Waals surface area contributed by atoms with Gasteiger partial charge in [0.15, 0.2) is 0 Å². The highest BCUT2D eigenvalue weighted by atomic mass is 16.1. The van der Waals surface area contributed by atoms with Gasteiger partial charge in [-0.15, -0.1) is 0 Å². The molecular formula is C13H17N5O. The van der Waals surface area contributed by atoms with Crippen molar-refractivity contribution >= 4 is 11.6 Å². The van der Waals surface area contributed by atoms with E-state index in [1.807, 2.05) is 25.0 Å². The molecule has 0 saturated carbocycles. The zero-order chi connectivity index (χ0) is 13.7. The molecular weight excluding hydrogens is 242 g/mol. The first-order valence-corrected chi connectivity index (χ1v) is 6.04. The van der Waals surface area contributed by atoms with Crippen LogP contribution in [0.5, 0.6) is 0 Å². The molecule has 2 aromatic rings. The van der Waals surface area contributed by atoms with Crippen molar-refractivity contribution in [1.82, 2.24) is 19.7 Å². The Labute approximate surface area is 112 Å². The lowest BCUT2D eigenvalue weighted by atomic mass is 10.2. The van der Waals surface area contributed by atoms with Crippen molar-refractivity contribution in [2.75, 3.05) is 26.0 Å². The van der Waals surface area contributed by atoms with E-state index in [1.54, 1.807) is 30.7 Å². The number of carbonyl (C=O) groups is 1. The van der Waals surface area contributed by atoms with Gasteiger partial charge in [0.1, 0.15) is 0 Å². The number of pyridine rings is 1. The Morgan fingerprint density at radius 3 is 2.79 bits per heavy atom. The molecule has 6 nitrogen and oxygen atoms in total. The maximum Gasteiger partial charge on any atom is 0.255 e. The topological polar surface area (TPSA) is 63.0 Å². The second kappa shape index (κ2) is 6.10. The third-order valence-corrected chi connectivity index (χ3v) is 2.61. The van der Waals surface area contributed by atoms with E-state index < -0.39 is 0 Å². The van der Waals surface area contributed by atoms with Crippen LogP contribution in [0.25, 0.3) is 0 Å². The zero-order valence-electron chi connectivity index (χ0n) is 11.1. The molecule has 0 unspecified atom stereocenters. The number of nitrogens with one attached hydrogen (secondary N) is 1. The highest BCUT2D eigenvalue weighted by Crippen LogP contribution is 2.07. The lowest BCUT2D eigenvalue weighted by Gasteiger charge is -2.08. The molecule has 0 bridgehead atoms. The summed E-state index contributed by atoms with van der Waals surface area (Å²) in [6.45, 7) is 1.69. The second-order valence-corrected chi connectivity index (χ2v) is 4.49. The Bertz CT molecular complexity index is 535. The number of hydrogen-bond acceptors (Lipinski definition) is 4. The van der Waals surface area contributed by atoms with Gasteiger partial charge in [0.25, 0.3) is 5.91 Å². The van der Waals surface area contributed by atoms with E-state index in [1.165, 1.54) is 0 Å². The van der Waals surface area contributed by atoms with E-state index in [0.717, 1.165) is 13.1 Å². The fraction of sp³-hybridized carbons (Fsp3) is 0.308. The van der Waals surface area contributed by atoms with Gasteiger partial charge in [-0.25, -0.2) is 0 Å². The fourth-order valence-electron chi connectivity index (χ4n) is 1.56. The normalized spacial score (nSPS) is 10.7. The van der Waals surface area contributed by atoms with Crippen molar-refractivity contribution < 1.29 is 4.79 Å². The predicted molar refractivity (Wildman–Crippen MR) is 73.0 cm³/mol. The summed E-state index contributed by atoms with van der Waals surface area (Å²) in [6.07, 6.45) is 6.65. The van der Waals surface area contributed by atoms with Crippen molar-refractivity contribution in [2.24, 2.45) is 0 Å². The van der Waals surface area contributed by atoms with Crippen LogP contribution in [0.3, 0.4) is 0 Å². The van der Waals surface area contributed by atoms with Crippen LogP contribution < -0.4 is 5.32 Å². The molecule has 100 valence electrons. The molecule has 2 rings (SSSR count). The molecule has 19 heavy (non-hydrogen) atoms. The molecule has 1 N–H and O–H groups in total. The Kier molecular flexibility index (Phi) is 4.25. The van der Waals surface area contributed by atoms with Gasteiger partial charge in [-0.1, -0.05) is 0 Å². The van der Waals surface area contributed by atoms with Gasteiger partial charge in [0, 0.05) is 30.7 Å². The SMILES string of the molecule is CN(C)CCn1cc(NC(=O)c2ccncc2)cn1. The highest BCUT2D eigenvalue weighted by Gasteiger charge is 2.06. The first-order valence-electron chi connectivity index (χ1n) is 6.04. The molecule has 2 aromatic heterocycles. The number of aromatic nitrogens is 3. The van der Waals surface area contributed by atoms with Gasteiger partial charge in [0.05, 0.1) is 18.4 Å². The molecule has 0 aliphatic rings. The maximum absolute atomic E-state index is 11.9. The smallest absolute Gasteiger partial charge is 0.255 e. The van der Waals surface area contributed by atoms with Crippen LogP contribution >= 0.6 is 0 Å². The number of carbonyl (C=O) groups excluding carboxylic acids is 1. The third kappa shape index (κ3) is 3.89. The maximum atomic E-state index is 11.9. The van der Waals surface area contributed by atoms with Gasteiger partial charge in [-0.3, -0.25) is 14.5 Å². The monoisotopic (exact) mass is 259 g/mol. The average Bonchev–Trinajstić information content (AvgIpc) is 2.85. The van der Waals surface area contributed by atoms with E-state index in [2.05, 4.69) is 20.3 Å². The van der Waals surface area contributed by atoms with E-state index in [9.17, 15) is 4.79 Å². The lowest BCUT2D eigenvalue weighted by molar-refractivity contribution is 0.102. The minimum Gasteiger partial charge on any atom is -0.319 e. The molecule has 0 spiro atoms. The van der Waals surface area contributed by atoms with Gasteiger partial charge in [-0.2, -0.15) is 5.10 Å². The summed E-state index contributed by atoms with van der Waals surface area (Å²) in [5.74, 6) is -0.158. The van der Waals surface area contributed by atoms with E-state index in [4.69, 9.17) is 0 Å². The highest BCUT2D eigenvalue weighted by molar-refractivity contribution is 6.03. The third-order valence-electron chi connectivity index (χ3n) is 2.61. The average molecular weight is 259 g/mol. The number of likely N-dealkylation sites (N-methyl/N-ethyl adjacent to an activating group) is 1. The van der Waals surface area contributed by atoms with Gasteiger partial charge in [-0.05, 0) is 26.2 Å². The number of nitrogens with zero attached hydrogens (tertiary/aromatic N) is 4. The molecule has 2 heterocycles. The Morgan fingerprint density at radius 2 is 2.11 bits per heavy atom. The Balaban J connectivity index is 1.95. The van der Waals surface area contributed by atoms with Crippen LogP contribution in [-0.4, -0.2) is 46.2 Å². The van der Waals surface area contributed by atoms with Crippen molar-refractivity contribution in [3.8, 4) is 0 Å². The minimum atomic E-state index is -0.158. The molecule has 0 fully saturated rings. The molecule has 0 saturated heterocycles. The van der Waals surface area contributed by atoms with Crippen LogP contribution in [0, 0.1) is 0 Å². The lowest BCUT2D eigenvalue weighted by Crippen LogP contribution is -2.18. The summed E-state index contributed by atoms with van der Waals surface area (Å²) in [5, 5.41) is 7.00. The summed E-state index contributed by atoms with van der Waals surface area (Å²) in [5.41, 5.74) is 1.27. The van der Waals surface area contributed by atoms with E-state index in [0.29, 0.717) is 11.3 Å². The summed E-state index contributed by atoms with van der Waals surface area (Å²) < 4.78 is 1.81. The standard InChI is InChI=1S/C13H17N5O/c1-17(2)7-8-18-10-12(9-15-18)16-13(19)11-3-5-14-6-4-11/h3-6,9-10H,7-8H2,1-2H3,(H,16,19). The Hall–Kier alpha value is -2.21. The van der Waals surface area contributed by atoms with Gasteiger partial charge >= 0.3 is 0 Å². The molecule has 0 aromatic carbocycles. The van der Waals surface area contributed by atoms with Crippen LogP contribution in [0.1, 0.15) is 10.4 Å². The molecule has 6 heteroatoms. The molecule has 1 amide bonds. The number of hydrogen-bond donors (Lipinski definition) is 1. The number of rotatable bonds is 5. The van der Waals surface area contributed by atoms with Crippen LogP contribution in [0.15, 0.2) is 36.9 Å². The molecule has 0 atom stereocenters. The largest absolute Gasteiger partial charge is 0.319 e. The second-order valence-electron chi connectivity index (χ2n) is 4.49.